The Labute approximate surface area is 225 Å². The fourth-order valence-electron chi connectivity index (χ4n) is 2.66. The molecule has 0 aromatic carbocycles. The molecule has 0 aliphatic heterocycles. The van der Waals surface area contributed by atoms with Crippen molar-refractivity contribution in [1.82, 2.24) is 35.2 Å². The molecule has 0 atom stereocenters. The Hall–Kier alpha value is -3.87. The molecular weight excluding hydrogens is 547 g/mol. The van der Waals surface area contributed by atoms with E-state index >= 15 is 0 Å². The molecule has 192 valence electrons. The summed E-state index contributed by atoms with van der Waals surface area (Å²) >= 11 is 17.0. The summed E-state index contributed by atoms with van der Waals surface area (Å²) in [5.74, 6) is -0.0718. The number of halogens is 3. The Bertz CT molecular complexity index is 1370. The first-order valence-corrected chi connectivity index (χ1v) is 11.8. The molecule has 0 bridgehead atoms. The number of rotatable bonds is 7. The lowest BCUT2D eigenvalue weighted by Crippen LogP contribution is -2.12. The number of nitrogens with one attached hydrogen (secondary N) is 1. The van der Waals surface area contributed by atoms with Crippen LogP contribution in [0.3, 0.4) is 0 Å². The molecule has 0 aliphatic rings. The van der Waals surface area contributed by atoms with Gasteiger partial charge in [-0.3, -0.25) is 0 Å². The van der Waals surface area contributed by atoms with Crippen LogP contribution in [-0.2, 0) is 9.47 Å². The summed E-state index contributed by atoms with van der Waals surface area (Å²) in [6.07, 6.45) is 3.44. The lowest BCUT2D eigenvalue weighted by Gasteiger charge is -2.10. The normalized spacial score (nSPS) is 10.2. The van der Waals surface area contributed by atoms with E-state index in [1.807, 2.05) is 12.1 Å². The molecule has 37 heavy (non-hydrogen) atoms. The Morgan fingerprint density at radius 2 is 1.54 bits per heavy atom. The number of ether oxygens (including phenoxy) is 2. The van der Waals surface area contributed by atoms with Crippen LogP contribution in [0.5, 0.6) is 0 Å². The first kappa shape index (κ1) is 27.7. The van der Waals surface area contributed by atoms with Crippen molar-refractivity contribution < 1.29 is 19.1 Å². The molecule has 0 saturated heterocycles. The molecular formula is C22H19Cl3N8O4. The first-order chi connectivity index (χ1) is 17.8. The fraction of sp³-hybridized carbons (Fsp3) is 0.182. The molecule has 0 unspecified atom stereocenters. The van der Waals surface area contributed by atoms with Gasteiger partial charge in [-0.25, -0.2) is 19.3 Å². The van der Waals surface area contributed by atoms with E-state index < -0.39 is 11.9 Å². The van der Waals surface area contributed by atoms with Crippen LogP contribution < -0.4 is 5.32 Å². The maximum absolute atomic E-state index is 12.0. The van der Waals surface area contributed by atoms with Gasteiger partial charge in [-0.1, -0.05) is 40.9 Å². The number of carbonyl (C=O) groups excluding carboxylic acids is 2. The van der Waals surface area contributed by atoms with Crippen molar-refractivity contribution in [3.8, 4) is 5.82 Å². The summed E-state index contributed by atoms with van der Waals surface area (Å²) in [5, 5.41) is 22.0. The second-order valence-electron chi connectivity index (χ2n) is 6.69. The van der Waals surface area contributed by atoms with Gasteiger partial charge in [0.15, 0.2) is 27.5 Å². The number of nitrogens with zero attached hydrogens (tertiary/aromatic N) is 7. The summed E-state index contributed by atoms with van der Waals surface area (Å²) in [5.41, 5.74) is 0.374. The number of hydrogen-bond donors (Lipinski definition) is 1. The second kappa shape index (κ2) is 13.4. The summed E-state index contributed by atoms with van der Waals surface area (Å²) in [6, 6.07) is 9.99. The Balaban J connectivity index is 0.000000248. The number of hydrogen-bond acceptors (Lipinski definition) is 11. The van der Waals surface area contributed by atoms with Gasteiger partial charge in [-0.2, -0.15) is 5.10 Å². The molecule has 0 radical (unpaired) electrons. The second-order valence-corrected chi connectivity index (χ2v) is 7.87. The van der Waals surface area contributed by atoms with Gasteiger partial charge in [-0.05, 0) is 38.1 Å². The number of pyridine rings is 1. The molecule has 0 fully saturated rings. The molecule has 4 aromatic heterocycles. The van der Waals surface area contributed by atoms with Crippen molar-refractivity contribution in [2.24, 2.45) is 0 Å². The smallest absolute Gasteiger partial charge is 0.361 e. The summed E-state index contributed by atoms with van der Waals surface area (Å²) < 4.78 is 11.3. The quantitative estimate of drug-likeness (QED) is 0.314. The van der Waals surface area contributed by atoms with Crippen molar-refractivity contribution in [3.05, 3.63) is 75.5 Å². The van der Waals surface area contributed by atoms with E-state index in [4.69, 9.17) is 39.5 Å². The highest BCUT2D eigenvalue weighted by molar-refractivity contribution is 6.35. The molecule has 0 amide bonds. The molecule has 4 rings (SSSR count). The van der Waals surface area contributed by atoms with Crippen molar-refractivity contribution in [3.63, 3.8) is 0 Å². The Morgan fingerprint density at radius 3 is 2.16 bits per heavy atom. The van der Waals surface area contributed by atoms with Gasteiger partial charge >= 0.3 is 11.9 Å². The van der Waals surface area contributed by atoms with Gasteiger partial charge in [0.25, 0.3) is 0 Å². The van der Waals surface area contributed by atoms with Crippen LogP contribution in [0.2, 0.25) is 15.3 Å². The van der Waals surface area contributed by atoms with Crippen molar-refractivity contribution in [2.75, 3.05) is 18.5 Å². The highest BCUT2D eigenvalue weighted by Crippen LogP contribution is 2.22. The average molecular weight is 566 g/mol. The van der Waals surface area contributed by atoms with Crippen molar-refractivity contribution >= 4 is 58.2 Å². The van der Waals surface area contributed by atoms with E-state index in [0.717, 1.165) is 0 Å². The maximum atomic E-state index is 12.0. The molecule has 15 heteroatoms. The minimum Gasteiger partial charge on any atom is -0.461 e. The van der Waals surface area contributed by atoms with E-state index in [9.17, 15) is 9.59 Å². The number of anilines is 2. The monoisotopic (exact) mass is 564 g/mol. The SMILES string of the molecule is CCOC(=O)c1nnc(Cl)cc1Cl.CCOC(=O)c1nnc(Cl)cc1Nc1cccc(-n2cccn2)n1. The van der Waals surface area contributed by atoms with E-state index in [1.54, 1.807) is 43.1 Å². The van der Waals surface area contributed by atoms with Crippen LogP contribution in [0.25, 0.3) is 5.82 Å². The fourth-order valence-corrected chi connectivity index (χ4v) is 3.23. The minimum absolute atomic E-state index is 0.0204. The molecule has 0 saturated carbocycles. The topological polar surface area (TPSA) is 147 Å². The van der Waals surface area contributed by atoms with Crippen LogP contribution in [0, 0.1) is 0 Å². The predicted octanol–water partition coefficient (Wildman–Crippen LogP) is 4.59. The lowest BCUT2D eigenvalue weighted by molar-refractivity contribution is 0.0509. The molecule has 1 N–H and O–H groups in total. The third-order valence-corrected chi connectivity index (χ3v) is 4.81. The van der Waals surface area contributed by atoms with Gasteiger partial charge in [0.05, 0.1) is 23.9 Å². The third-order valence-electron chi connectivity index (χ3n) is 4.16. The Morgan fingerprint density at radius 1 is 0.892 bits per heavy atom. The summed E-state index contributed by atoms with van der Waals surface area (Å²) in [7, 11) is 0. The Kier molecular flexibility index (Phi) is 10.1. The zero-order chi connectivity index (χ0) is 26.8. The van der Waals surface area contributed by atoms with E-state index in [0.29, 0.717) is 17.3 Å². The molecule has 12 nitrogen and oxygen atoms in total. The molecule has 0 spiro atoms. The van der Waals surface area contributed by atoms with Gasteiger partial charge in [-0.15, -0.1) is 20.4 Å². The standard InChI is InChI=1S/C15H13ClN6O2.C7H6Cl2N2O2/c1-2-24-15(23)14-10(9-11(16)20-21-14)18-12-5-3-6-13(19-12)22-8-4-7-17-22;1-2-13-7(12)6-4(8)3-5(9)10-11-6/h3-9H,2H2,1H3,(H,18,19,20);3H,2H2,1H3. The number of carbonyl (C=O) groups is 2. The maximum Gasteiger partial charge on any atom is 0.361 e. The predicted molar refractivity (Wildman–Crippen MR) is 136 cm³/mol. The van der Waals surface area contributed by atoms with Gasteiger partial charge < -0.3 is 14.8 Å². The highest BCUT2D eigenvalue weighted by atomic mass is 35.5. The number of aromatic nitrogens is 7. The minimum atomic E-state index is -0.600. The van der Waals surface area contributed by atoms with Crippen LogP contribution >= 0.6 is 34.8 Å². The van der Waals surface area contributed by atoms with Gasteiger partial charge in [0, 0.05) is 18.5 Å². The van der Waals surface area contributed by atoms with Crippen LogP contribution in [0.1, 0.15) is 34.8 Å². The summed E-state index contributed by atoms with van der Waals surface area (Å²) in [6.45, 7) is 3.90. The molecule has 4 aromatic rings. The first-order valence-electron chi connectivity index (χ1n) is 10.6. The highest BCUT2D eigenvalue weighted by Gasteiger charge is 2.17. The van der Waals surface area contributed by atoms with E-state index in [1.165, 1.54) is 12.1 Å². The zero-order valence-electron chi connectivity index (χ0n) is 19.4. The zero-order valence-corrected chi connectivity index (χ0v) is 21.7. The average Bonchev–Trinajstić information content (AvgIpc) is 3.40. The largest absolute Gasteiger partial charge is 0.461 e. The van der Waals surface area contributed by atoms with Crippen molar-refractivity contribution in [2.45, 2.75) is 13.8 Å². The van der Waals surface area contributed by atoms with Crippen LogP contribution in [0.4, 0.5) is 11.5 Å². The van der Waals surface area contributed by atoms with Crippen LogP contribution in [-0.4, -0.2) is 60.3 Å². The van der Waals surface area contributed by atoms with Crippen LogP contribution in [0.15, 0.2) is 48.8 Å². The third kappa shape index (κ3) is 7.81. The van der Waals surface area contributed by atoms with E-state index in [-0.39, 0.29) is 39.9 Å². The number of esters is 2. The lowest BCUT2D eigenvalue weighted by atomic mass is 10.3. The molecule has 4 heterocycles. The van der Waals surface area contributed by atoms with Gasteiger partial charge in [0.1, 0.15) is 5.82 Å². The summed E-state index contributed by atoms with van der Waals surface area (Å²) in [4.78, 5) is 27.5. The van der Waals surface area contributed by atoms with Crippen molar-refractivity contribution in [1.29, 1.82) is 0 Å². The van der Waals surface area contributed by atoms with Gasteiger partial charge in [0.2, 0.25) is 0 Å². The van der Waals surface area contributed by atoms with E-state index in [2.05, 4.69) is 40.5 Å². The molecule has 0 aliphatic carbocycles.